The predicted octanol–water partition coefficient (Wildman–Crippen LogP) is 3.83. The van der Waals surface area contributed by atoms with Crippen molar-refractivity contribution in [3.63, 3.8) is 0 Å². The van der Waals surface area contributed by atoms with Crippen LogP contribution in [0.3, 0.4) is 0 Å². The van der Waals surface area contributed by atoms with Crippen LogP contribution in [-0.4, -0.2) is 17.0 Å². The lowest BCUT2D eigenvalue weighted by atomic mass is 10.2. The summed E-state index contributed by atoms with van der Waals surface area (Å²) in [5.41, 5.74) is 1.28. The van der Waals surface area contributed by atoms with E-state index in [4.69, 9.17) is 0 Å². The van der Waals surface area contributed by atoms with Crippen LogP contribution in [0.15, 0.2) is 24.3 Å². The average Bonchev–Trinajstić information content (AvgIpc) is 2.43. The molecule has 0 aliphatic carbocycles. The highest BCUT2D eigenvalue weighted by atomic mass is 19.1. The molecule has 2 aromatic rings. The Hall–Kier alpha value is -2.17. The molecule has 5 heteroatoms. The van der Waals surface area contributed by atoms with Gasteiger partial charge in [-0.15, -0.1) is 0 Å². The van der Waals surface area contributed by atoms with Crippen LogP contribution in [0.25, 0.3) is 0 Å². The van der Waals surface area contributed by atoms with E-state index in [1.807, 2.05) is 27.0 Å². The molecule has 4 nitrogen and oxygen atoms in total. The van der Waals surface area contributed by atoms with Crippen molar-refractivity contribution >= 4 is 17.3 Å². The zero-order chi connectivity index (χ0) is 14.7. The molecule has 0 bridgehead atoms. The minimum Gasteiger partial charge on any atom is -0.373 e. The van der Waals surface area contributed by atoms with Gasteiger partial charge < -0.3 is 10.6 Å². The quantitative estimate of drug-likeness (QED) is 0.889. The molecule has 0 spiro atoms. The summed E-state index contributed by atoms with van der Waals surface area (Å²) in [6.07, 6.45) is 0. The minimum atomic E-state index is -0.234. The van der Waals surface area contributed by atoms with Crippen molar-refractivity contribution in [2.75, 3.05) is 17.7 Å². The molecule has 2 N–H and O–H groups in total. The smallest absolute Gasteiger partial charge is 0.136 e. The van der Waals surface area contributed by atoms with Crippen molar-refractivity contribution in [3.05, 3.63) is 41.5 Å². The van der Waals surface area contributed by atoms with E-state index in [-0.39, 0.29) is 11.7 Å². The van der Waals surface area contributed by atoms with E-state index in [0.29, 0.717) is 17.1 Å². The Morgan fingerprint density at radius 3 is 2.50 bits per heavy atom. The van der Waals surface area contributed by atoms with Crippen LogP contribution in [0.4, 0.5) is 21.7 Å². The SMILES string of the molecule is CNc1cc(Nc2cccc(F)c2C)nc(C(C)C)n1. The molecule has 20 heavy (non-hydrogen) atoms. The van der Waals surface area contributed by atoms with Gasteiger partial charge in [-0.05, 0) is 19.1 Å². The molecule has 106 valence electrons. The predicted molar refractivity (Wildman–Crippen MR) is 80.1 cm³/mol. The van der Waals surface area contributed by atoms with Gasteiger partial charge in [0.05, 0.1) is 0 Å². The van der Waals surface area contributed by atoms with Gasteiger partial charge in [0.1, 0.15) is 23.3 Å². The Morgan fingerprint density at radius 1 is 1.15 bits per heavy atom. The number of aromatic nitrogens is 2. The number of benzene rings is 1. The zero-order valence-corrected chi connectivity index (χ0v) is 12.2. The molecule has 1 aromatic carbocycles. The van der Waals surface area contributed by atoms with Gasteiger partial charge in [0.2, 0.25) is 0 Å². The van der Waals surface area contributed by atoms with Crippen LogP contribution >= 0.6 is 0 Å². The van der Waals surface area contributed by atoms with Crippen molar-refractivity contribution in [1.29, 1.82) is 0 Å². The number of nitrogens with one attached hydrogen (secondary N) is 2. The van der Waals surface area contributed by atoms with Gasteiger partial charge in [0.25, 0.3) is 0 Å². The lowest BCUT2D eigenvalue weighted by molar-refractivity contribution is 0.619. The second kappa shape index (κ2) is 5.86. The number of rotatable bonds is 4. The van der Waals surface area contributed by atoms with E-state index in [1.165, 1.54) is 6.07 Å². The van der Waals surface area contributed by atoms with E-state index in [2.05, 4.69) is 20.6 Å². The first-order valence-corrected chi connectivity index (χ1v) is 6.60. The Morgan fingerprint density at radius 2 is 1.85 bits per heavy atom. The third-order valence-corrected chi connectivity index (χ3v) is 3.05. The summed E-state index contributed by atoms with van der Waals surface area (Å²) in [4.78, 5) is 8.86. The Bertz CT molecular complexity index is 611. The maximum Gasteiger partial charge on any atom is 0.136 e. The van der Waals surface area contributed by atoms with E-state index in [0.717, 1.165) is 11.6 Å². The third-order valence-electron chi connectivity index (χ3n) is 3.05. The van der Waals surface area contributed by atoms with Gasteiger partial charge in [-0.2, -0.15) is 0 Å². The Labute approximate surface area is 118 Å². The fourth-order valence-corrected chi connectivity index (χ4v) is 1.80. The summed E-state index contributed by atoms with van der Waals surface area (Å²) in [6, 6.07) is 6.75. The third kappa shape index (κ3) is 3.04. The maximum atomic E-state index is 13.5. The highest BCUT2D eigenvalue weighted by Crippen LogP contribution is 2.23. The van der Waals surface area contributed by atoms with E-state index in [9.17, 15) is 4.39 Å². The standard InChI is InChI=1S/C15H19FN4/c1-9(2)15-19-13(17-4)8-14(20-15)18-12-7-5-6-11(16)10(12)3/h5-9H,1-4H3,(H2,17,18,19,20). The first-order chi connectivity index (χ1) is 9.51. The largest absolute Gasteiger partial charge is 0.373 e. The molecular weight excluding hydrogens is 255 g/mol. The number of halogens is 1. The molecule has 0 saturated carbocycles. The maximum absolute atomic E-state index is 13.5. The average molecular weight is 274 g/mol. The van der Waals surface area contributed by atoms with Crippen molar-refractivity contribution in [1.82, 2.24) is 9.97 Å². The van der Waals surface area contributed by atoms with E-state index < -0.39 is 0 Å². The van der Waals surface area contributed by atoms with Crippen molar-refractivity contribution in [2.45, 2.75) is 26.7 Å². The van der Waals surface area contributed by atoms with Gasteiger partial charge in [0, 0.05) is 30.3 Å². The lowest BCUT2D eigenvalue weighted by Gasteiger charge is -2.13. The molecule has 0 radical (unpaired) electrons. The molecular formula is C15H19FN4. The molecule has 0 atom stereocenters. The van der Waals surface area contributed by atoms with Crippen molar-refractivity contribution < 1.29 is 4.39 Å². The number of hydrogen-bond donors (Lipinski definition) is 2. The summed E-state index contributed by atoms with van der Waals surface area (Å²) >= 11 is 0. The number of hydrogen-bond acceptors (Lipinski definition) is 4. The summed E-state index contributed by atoms with van der Waals surface area (Å²) in [5, 5.41) is 6.16. The van der Waals surface area contributed by atoms with Crippen LogP contribution in [-0.2, 0) is 0 Å². The molecule has 2 rings (SSSR count). The minimum absolute atomic E-state index is 0.220. The van der Waals surface area contributed by atoms with Gasteiger partial charge in [-0.3, -0.25) is 0 Å². The second-order valence-corrected chi connectivity index (χ2v) is 4.94. The molecule has 0 amide bonds. The van der Waals surface area contributed by atoms with Crippen LogP contribution < -0.4 is 10.6 Å². The fraction of sp³-hybridized carbons (Fsp3) is 0.333. The van der Waals surface area contributed by atoms with Crippen LogP contribution in [0.1, 0.15) is 31.2 Å². The molecule has 1 aromatic heterocycles. The van der Waals surface area contributed by atoms with E-state index >= 15 is 0 Å². The Kier molecular flexibility index (Phi) is 4.17. The number of anilines is 3. The highest BCUT2D eigenvalue weighted by molar-refractivity contribution is 5.62. The van der Waals surface area contributed by atoms with Crippen LogP contribution in [0, 0.1) is 12.7 Å². The van der Waals surface area contributed by atoms with Gasteiger partial charge in [-0.25, -0.2) is 14.4 Å². The highest BCUT2D eigenvalue weighted by Gasteiger charge is 2.09. The number of nitrogens with zero attached hydrogens (tertiary/aromatic N) is 2. The molecule has 0 aliphatic rings. The van der Waals surface area contributed by atoms with Gasteiger partial charge >= 0.3 is 0 Å². The van der Waals surface area contributed by atoms with Gasteiger partial charge in [0.15, 0.2) is 0 Å². The molecule has 1 heterocycles. The van der Waals surface area contributed by atoms with Crippen LogP contribution in [0.2, 0.25) is 0 Å². The monoisotopic (exact) mass is 274 g/mol. The molecule has 0 unspecified atom stereocenters. The Balaban J connectivity index is 2.37. The van der Waals surface area contributed by atoms with E-state index in [1.54, 1.807) is 19.1 Å². The van der Waals surface area contributed by atoms with Crippen molar-refractivity contribution in [2.24, 2.45) is 0 Å². The summed E-state index contributed by atoms with van der Waals surface area (Å²) in [7, 11) is 1.81. The van der Waals surface area contributed by atoms with Gasteiger partial charge in [-0.1, -0.05) is 19.9 Å². The fourth-order valence-electron chi connectivity index (χ4n) is 1.80. The first-order valence-electron chi connectivity index (χ1n) is 6.60. The zero-order valence-electron chi connectivity index (χ0n) is 12.2. The molecule has 0 aliphatic heterocycles. The summed E-state index contributed by atoms with van der Waals surface area (Å²) in [5.74, 6) is 2.12. The van der Waals surface area contributed by atoms with Crippen molar-refractivity contribution in [3.8, 4) is 0 Å². The lowest BCUT2D eigenvalue weighted by Crippen LogP contribution is -2.05. The summed E-state index contributed by atoms with van der Waals surface area (Å²) < 4.78 is 13.5. The normalized spacial score (nSPS) is 10.7. The molecule has 0 saturated heterocycles. The topological polar surface area (TPSA) is 49.8 Å². The first kappa shape index (κ1) is 14.2. The molecule has 0 fully saturated rings. The second-order valence-electron chi connectivity index (χ2n) is 4.94. The van der Waals surface area contributed by atoms with Crippen LogP contribution in [0.5, 0.6) is 0 Å². The summed E-state index contributed by atoms with van der Waals surface area (Å²) in [6.45, 7) is 5.80.